The number of hydrogen-bond donors (Lipinski definition) is 1. The Morgan fingerprint density at radius 3 is 2.50 bits per heavy atom. The van der Waals surface area contributed by atoms with Crippen LogP contribution in [0.5, 0.6) is 0 Å². The normalized spacial score (nSPS) is 21.4. The predicted octanol–water partition coefficient (Wildman–Crippen LogP) is 1.85. The van der Waals surface area contributed by atoms with Gasteiger partial charge in [-0.1, -0.05) is 12.1 Å². The molecule has 0 unspecified atom stereocenters. The summed E-state index contributed by atoms with van der Waals surface area (Å²) >= 11 is 0. The highest BCUT2D eigenvalue weighted by Crippen LogP contribution is 2.23. The van der Waals surface area contributed by atoms with Crippen molar-refractivity contribution in [1.82, 2.24) is 4.90 Å². The van der Waals surface area contributed by atoms with Crippen LogP contribution in [0.3, 0.4) is 0 Å². The van der Waals surface area contributed by atoms with Gasteiger partial charge in [0.25, 0.3) is 5.69 Å². The summed E-state index contributed by atoms with van der Waals surface area (Å²) in [6.45, 7) is 2.13. The summed E-state index contributed by atoms with van der Waals surface area (Å²) in [7, 11) is 0. The van der Waals surface area contributed by atoms with E-state index >= 15 is 0 Å². The first-order valence-electron chi connectivity index (χ1n) is 7.14. The van der Waals surface area contributed by atoms with Crippen LogP contribution in [-0.4, -0.2) is 39.4 Å². The first-order valence-corrected chi connectivity index (χ1v) is 7.14. The number of benzene rings is 1. The molecule has 1 saturated heterocycles. The van der Waals surface area contributed by atoms with Gasteiger partial charge in [-0.25, -0.2) is 0 Å². The maximum absolute atomic E-state index is 12.4. The molecule has 0 aromatic heterocycles. The third-order valence-electron chi connectivity index (χ3n) is 4.05. The van der Waals surface area contributed by atoms with Gasteiger partial charge in [0.15, 0.2) is 0 Å². The van der Waals surface area contributed by atoms with E-state index in [-0.39, 0.29) is 30.6 Å². The molecule has 1 aliphatic heterocycles. The third kappa shape index (κ3) is 3.60. The minimum absolute atomic E-state index is 0.0150. The van der Waals surface area contributed by atoms with Crippen LogP contribution in [0.25, 0.3) is 0 Å². The maximum Gasteiger partial charge on any atom is 0.308 e. The number of carboxylic acid groups (broad SMARTS) is 1. The second-order valence-corrected chi connectivity index (χ2v) is 5.61. The van der Waals surface area contributed by atoms with Crippen molar-refractivity contribution >= 4 is 17.6 Å². The molecule has 0 bridgehead atoms. The van der Waals surface area contributed by atoms with E-state index in [0.29, 0.717) is 18.4 Å². The summed E-state index contributed by atoms with van der Waals surface area (Å²) in [5.41, 5.74) is 0.661. The molecule has 1 N–H and O–H groups in total. The molecule has 7 nitrogen and oxygen atoms in total. The van der Waals surface area contributed by atoms with Crippen molar-refractivity contribution in [2.45, 2.75) is 32.2 Å². The minimum atomic E-state index is -0.875. The van der Waals surface area contributed by atoms with Gasteiger partial charge in [0.05, 0.1) is 17.3 Å². The number of aliphatic carboxylic acids is 1. The van der Waals surface area contributed by atoms with E-state index < -0.39 is 16.8 Å². The number of hydrogen-bond acceptors (Lipinski definition) is 4. The van der Waals surface area contributed by atoms with Crippen LogP contribution >= 0.6 is 0 Å². The van der Waals surface area contributed by atoms with Gasteiger partial charge >= 0.3 is 5.97 Å². The van der Waals surface area contributed by atoms with Gasteiger partial charge in [-0.05, 0) is 25.3 Å². The molecule has 2 rings (SSSR count). The number of carbonyl (C=O) groups excluding carboxylic acids is 1. The van der Waals surface area contributed by atoms with Crippen molar-refractivity contribution in [1.29, 1.82) is 0 Å². The molecule has 1 aromatic rings. The molecule has 2 atom stereocenters. The number of nitro groups is 1. The zero-order chi connectivity index (χ0) is 16.3. The fourth-order valence-electron chi connectivity index (χ4n) is 2.67. The number of nitrogens with zero attached hydrogens (tertiary/aromatic N) is 2. The molecule has 118 valence electrons. The van der Waals surface area contributed by atoms with E-state index in [1.54, 1.807) is 17.0 Å². The molecule has 22 heavy (non-hydrogen) atoms. The van der Waals surface area contributed by atoms with Gasteiger partial charge < -0.3 is 10.0 Å². The van der Waals surface area contributed by atoms with Gasteiger partial charge in [-0.3, -0.25) is 19.7 Å². The Balaban J connectivity index is 2.03. The third-order valence-corrected chi connectivity index (χ3v) is 4.05. The number of rotatable bonds is 4. The molecular formula is C15H18N2O5. The van der Waals surface area contributed by atoms with Crippen molar-refractivity contribution < 1.29 is 19.6 Å². The second kappa shape index (κ2) is 6.55. The molecule has 0 saturated carbocycles. The van der Waals surface area contributed by atoms with Crippen molar-refractivity contribution in [3.8, 4) is 0 Å². The number of amides is 1. The van der Waals surface area contributed by atoms with Crippen molar-refractivity contribution in [2.24, 2.45) is 5.92 Å². The van der Waals surface area contributed by atoms with Gasteiger partial charge in [-0.15, -0.1) is 0 Å². The van der Waals surface area contributed by atoms with Gasteiger partial charge in [-0.2, -0.15) is 0 Å². The van der Waals surface area contributed by atoms with E-state index in [1.165, 1.54) is 12.1 Å². The van der Waals surface area contributed by atoms with Crippen LogP contribution in [0.1, 0.15) is 25.3 Å². The first-order chi connectivity index (χ1) is 10.4. The molecular weight excluding hydrogens is 288 g/mol. The minimum Gasteiger partial charge on any atom is -0.481 e. The molecule has 1 aromatic carbocycles. The number of nitro benzene ring substituents is 1. The smallest absolute Gasteiger partial charge is 0.308 e. The Morgan fingerprint density at radius 2 is 1.95 bits per heavy atom. The molecule has 1 fully saturated rings. The van der Waals surface area contributed by atoms with E-state index in [4.69, 9.17) is 5.11 Å². The largest absolute Gasteiger partial charge is 0.481 e. The molecule has 0 radical (unpaired) electrons. The summed E-state index contributed by atoms with van der Waals surface area (Å²) in [5, 5.41) is 19.7. The molecule has 0 spiro atoms. The fraction of sp³-hybridized carbons (Fsp3) is 0.467. The van der Waals surface area contributed by atoms with Crippen LogP contribution in [0.15, 0.2) is 24.3 Å². The lowest BCUT2D eigenvalue weighted by molar-refractivity contribution is -0.384. The summed E-state index contributed by atoms with van der Waals surface area (Å²) in [4.78, 5) is 35.2. The number of piperidine rings is 1. The Bertz CT molecular complexity index is 584. The second-order valence-electron chi connectivity index (χ2n) is 5.61. The van der Waals surface area contributed by atoms with Gasteiger partial charge in [0, 0.05) is 24.7 Å². The topological polar surface area (TPSA) is 101 Å². The van der Waals surface area contributed by atoms with Gasteiger partial charge in [0.1, 0.15) is 0 Å². The highest BCUT2D eigenvalue weighted by atomic mass is 16.6. The SMILES string of the molecule is C[C@H]1CC[C@@H](C(=O)O)CN1C(=O)Cc1ccc([N+](=O)[O-])cc1. The summed E-state index contributed by atoms with van der Waals surface area (Å²) < 4.78 is 0. The number of carboxylic acids is 1. The summed E-state index contributed by atoms with van der Waals surface area (Å²) in [6, 6.07) is 5.85. The molecule has 1 heterocycles. The van der Waals surface area contributed by atoms with E-state index in [2.05, 4.69) is 0 Å². The quantitative estimate of drug-likeness (QED) is 0.675. The highest BCUT2D eigenvalue weighted by Gasteiger charge is 2.32. The van der Waals surface area contributed by atoms with E-state index in [9.17, 15) is 19.7 Å². The predicted molar refractivity (Wildman–Crippen MR) is 78.3 cm³/mol. The maximum atomic E-state index is 12.4. The molecule has 1 aliphatic rings. The van der Waals surface area contributed by atoms with E-state index in [0.717, 1.165) is 0 Å². The lowest BCUT2D eigenvalue weighted by atomic mass is 9.93. The van der Waals surface area contributed by atoms with Crippen LogP contribution < -0.4 is 0 Å². The number of non-ortho nitro benzene ring substituents is 1. The lowest BCUT2D eigenvalue weighted by Gasteiger charge is -2.36. The molecule has 0 aliphatic carbocycles. The Hall–Kier alpha value is -2.44. The van der Waals surface area contributed by atoms with Gasteiger partial charge in [0.2, 0.25) is 5.91 Å². The monoisotopic (exact) mass is 306 g/mol. The van der Waals surface area contributed by atoms with Crippen molar-refractivity contribution in [2.75, 3.05) is 6.54 Å². The zero-order valence-electron chi connectivity index (χ0n) is 12.3. The first kappa shape index (κ1) is 15.9. The van der Waals surface area contributed by atoms with Crippen LogP contribution in [0, 0.1) is 16.0 Å². The van der Waals surface area contributed by atoms with Crippen molar-refractivity contribution in [3.05, 3.63) is 39.9 Å². The average molecular weight is 306 g/mol. The Labute approximate surface area is 127 Å². The summed E-state index contributed by atoms with van der Waals surface area (Å²) in [6.07, 6.45) is 1.37. The highest BCUT2D eigenvalue weighted by molar-refractivity contribution is 5.80. The lowest BCUT2D eigenvalue weighted by Crippen LogP contribution is -2.47. The van der Waals surface area contributed by atoms with Crippen LogP contribution in [0.2, 0.25) is 0 Å². The van der Waals surface area contributed by atoms with Crippen LogP contribution in [-0.2, 0) is 16.0 Å². The Morgan fingerprint density at radius 1 is 1.32 bits per heavy atom. The summed E-state index contributed by atoms with van der Waals surface area (Å²) in [5.74, 6) is -1.54. The number of carbonyl (C=O) groups is 2. The van der Waals surface area contributed by atoms with Crippen LogP contribution in [0.4, 0.5) is 5.69 Å². The molecule has 7 heteroatoms. The number of likely N-dealkylation sites (tertiary alicyclic amines) is 1. The van der Waals surface area contributed by atoms with E-state index in [1.807, 2.05) is 6.92 Å². The zero-order valence-corrected chi connectivity index (χ0v) is 12.3. The fourth-order valence-corrected chi connectivity index (χ4v) is 2.67. The Kier molecular flexibility index (Phi) is 4.75. The van der Waals surface area contributed by atoms with Crippen molar-refractivity contribution in [3.63, 3.8) is 0 Å². The standard InChI is InChI=1S/C15H18N2O5/c1-10-2-5-12(15(19)20)9-16(10)14(18)8-11-3-6-13(7-4-11)17(21)22/h3-4,6-7,10,12H,2,5,8-9H2,1H3,(H,19,20)/t10-,12+/m0/s1. The average Bonchev–Trinajstić information content (AvgIpc) is 2.47. The molecule has 1 amide bonds.